The Morgan fingerprint density at radius 3 is 1.14 bits per heavy atom. The first-order valence-corrected chi connectivity index (χ1v) is 34.9. The summed E-state index contributed by atoms with van der Waals surface area (Å²) in [6.45, 7) is 4.67. The summed E-state index contributed by atoms with van der Waals surface area (Å²) in [5, 5.41) is 13.9. The van der Waals surface area contributed by atoms with Crippen LogP contribution in [0.15, 0.2) is 122 Å². The number of nitrogens with zero attached hydrogens (tertiary/aromatic N) is 1. The Bertz CT molecular complexity index is 1730. The van der Waals surface area contributed by atoms with E-state index in [2.05, 4.69) is 129 Å². The maximum Gasteiger partial charge on any atom is 0.472 e. The van der Waals surface area contributed by atoms with E-state index in [1.54, 1.807) is 6.08 Å². The predicted octanol–water partition coefficient (Wildman–Crippen LogP) is 21.3. The van der Waals surface area contributed by atoms with Gasteiger partial charge in [-0.3, -0.25) is 13.8 Å². The topological polar surface area (TPSA) is 105 Å². The molecule has 8 nitrogen and oxygen atoms in total. The molecular weight excluding hydrogens is 1020 g/mol. The van der Waals surface area contributed by atoms with Gasteiger partial charge in [0.15, 0.2) is 0 Å². The van der Waals surface area contributed by atoms with Gasteiger partial charge in [-0.15, -0.1) is 0 Å². The number of unbranched alkanes of at least 4 members (excludes halogenated alkanes) is 29. The molecule has 0 saturated carbocycles. The molecule has 0 fully saturated rings. The van der Waals surface area contributed by atoms with Crippen molar-refractivity contribution < 1.29 is 32.9 Å². The van der Waals surface area contributed by atoms with E-state index in [0.717, 1.165) is 89.9 Å². The van der Waals surface area contributed by atoms with Crippen LogP contribution in [0.5, 0.6) is 0 Å². The Labute approximate surface area is 501 Å². The highest BCUT2D eigenvalue weighted by Gasteiger charge is 2.27. The van der Waals surface area contributed by atoms with E-state index in [4.69, 9.17) is 9.05 Å². The molecule has 0 aromatic heterocycles. The molecule has 3 N–H and O–H groups in total. The van der Waals surface area contributed by atoms with Crippen molar-refractivity contribution in [2.24, 2.45) is 0 Å². The third-order valence-corrected chi connectivity index (χ3v) is 15.4. The molecule has 9 heteroatoms. The molecule has 1 amide bonds. The standard InChI is InChI=1S/C72H127N2O6P/c1-6-8-10-12-14-16-18-20-22-24-26-27-28-29-30-31-32-33-34-35-36-37-38-39-40-41-42-43-44-45-46-47-48-50-52-54-56-58-60-62-64-66-72(76)73-70(69-80-81(77,78)79-68-67-74(3,4)5)71(75)65-63-61-59-57-55-53-51-49-25-23-21-19-17-15-13-11-9-7-2/h8,10,14,16,20,22,25-27,29-30,32-33,35-36,49,55,57,63,65,70-71,75H,6-7,9,11-13,15,17-19,21,23-24,28,31,34,37-48,50-54,56,58-62,64,66-69H2,1-5H3,(H-,73,76,77,78)/p+1/b10-8-,16-14-,22-20-,27-26-,30-29-,33-32-,36-35-,49-25+,57-55+,65-63+. The van der Waals surface area contributed by atoms with Gasteiger partial charge in [0.05, 0.1) is 39.9 Å². The van der Waals surface area contributed by atoms with Gasteiger partial charge >= 0.3 is 7.82 Å². The number of likely N-dealkylation sites (N-methyl/N-ethyl adjacent to an activating group) is 1. The first-order valence-electron chi connectivity index (χ1n) is 33.4. The van der Waals surface area contributed by atoms with Gasteiger partial charge in [0.2, 0.25) is 5.91 Å². The number of hydrogen-bond acceptors (Lipinski definition) is 5. The molecule has 0 saturated heterocycles. The predicted molar refractivity (Wildman–Crippen MR) is 355 cm³/mol. The van der Waals surface area contributed by atoms with Gasteiger partial charge < -0.3 is 19.8 Å². The molecule has 0 rings (SSSR count). The quantitative estimate of drug-likeness (QED) is 0.0243. The van der Waals surface area contributed by atoms with Crippen molar-refractivity contribution in [3.05, 3.63) is 122 Å². The van der Waals surface area contributed by atoms with Crippen LogP contribution in [0, 0.1) is 0 Å². The summed E-state index contributed by atoms with van der Waals surface area (Å²) < 4.78 is 23.7. The summed E-state index contributed by atoms with van der Waals surface area (Å²) in [6.07, 6.45) is 92.0. The highest BCUT2D eigenvalue weighted by Crippen LogP contribution is 2.43. The molecule has 3 atom stereocenters. The zero-order valence-corrected chi connectivity index (χ0v) is 54.1. The number of quaternary nitrogens is 1. The zero-order chi connectivity index (χ0) is 59.1. The van der Waals surface area contributed by atoms with E-state index >= 15 is 0 Å². The lowest BCUT2D eigenvalue weighted by molar-refractivity contribution is -0.870. The Kier molecular flexibility index (Phi) is 59.1. The average Bonchev–Trinajstić information content (AvgIpc) is 3.43. The van der Waals surface area contributed by atoms with Crippen LogP contribution in [0.2, 0.25) is 0 Å². The second kappa shape index (κ2) is 61.5. The third-order valence-electron chi connectivity index (χ3n) is 14.4. The molecule has 0 radical (unpaired) electrons. The SMILES string of the molecule is CC/C=C\C/C=C\C/C=C\C/C=C\C/C=C\C/C=C\C/C=C\CCCCCCCCCCCCCCCCCCCCCC(=O)NC(COP(=O)(O)OCC[N+](C)(C)C)C(O)/C=C/CC/C=C/CC/C=C/CCCCCCCCCC. The lowest BCUT2D eigenvalue weighted by atomic mass is 10.0. The number of rotatable bonds is 60. The van der Waals surface area contributed by atoms with E-state index in [0.29, 0.717) is 17.4 Å². The normalized spacial score (nSPS) is 14.5. The second-order valence-corrected chi connectivity index (χ2v) is 24.9. The fourth-order valence-electron chi connectivity index (χ4n) is 9.23. The number of hydrogen-bond donors (Lipinski definition) is 3. The highest BCUT2D eigenvalue weighted by molar-refractivity contribution is 7.47. The van der Waals surface area contributed by atoms with Gasteiger partial charge in [-0.25, -0.2) is 4.57 Å². The van der Waals surface area contributed by atoms with Crippen molar-refractivity contribution in [3.8, 4) is 0 Å². The number of aliphatic hydroxyl groups is 1. The lowest BCUT2D eigenvalue weighted by Crippen LogP contribution is -2.45. The van der Waals surface area contributed by atoms with Gasteiger partial charge in [-0.1, -0.05) is 289 Å². The maximum atomic E-state index is 13.0. The summed E-state index contributed by atoms with van der Waals surface area (Å²) >= 11 is 0. The van der Waals surface area contributed by atoms with Crippen LogP contribution in [-0.4, -0.2) is 73.4 Å². The number of aliphatic hydroxyl groups excluding tert-OH is 1. The van der Waals surface area contributed by atoms with Crippen LogP contribution < -0.4 is 5.32 Å². The van der Waals surface area contributed by atoms with Crippen molar-refractivity contribution in [3.63, 3.8) is 0 Å². The molecule has 0 aromatic carbocycles. The van der Waals surface area contributed by atoms with Gasteiger partial charge in [-0.2, -0.15) is 0 Å². The number of phosphoric ester groups is 1. The first kappa shape index (κ1) is 77.9. The molecule has 81 heavy (non-hydrogen) atoms. The minimum absolute atomic E-state index is 0.0504. The van der Waals surface area contributed by atoms with Crippen LogP contribution in [0.1, 0.15) is 277 Å². The van der Waals surface area contributed by atoms with Crippen LogP contribution >= 0.6 is 7.82 Å². The number of carbonyl (C=O) groups excluding carboxylic acids is 1. The molecule has 0 aliphatic rings. The second-order valence-electron chi connectivity index (χ2n) is 23.4. The molecule has 0 aliphatic carbocycles. The van der Waals surface area contributed by atoms with E-state index in [-0.39, 0.29) is 19.1 Å². The van der Waals surface area contributed by atoms with Gasteiger partial charge in [0.1, 0.15) is 13.2 Å². The number of amides is 1. The van der Waals surface area contributed by atoms with E-state index in [9.17, 15) is 19.4 Å². The molecule has 0 aliphatic heterocycles. The van der Waals surface area contributed by atoms with Crippen LogP contribution in [0.3, 0.4) is 0 Å². The number of phosphoric acid groups is 1. The minimum Gasteiger partial charge on any atom is -0.387 e. The first-order chi connectivity index (χ1) is 39.5. The number of allylic oxidation sites excluding steroid dienone is 19. The Morgan fingerprint density at radius 1 is 0.432 bits per heavy atom. The average molecular weight is 1150 g/mol. The lowest BCUT2D eigenvalue weighted by Gasteiger charge is -2.25. The van der Waals surface area contributed by atoms with E-state index in [1.807, 2.05) is 27.2 Å². The molecule has 0 aromatic rings. The zero-order valence-electron chi connectivity index (χ0n) is 53.2. The van der Waals surface area contributed by atoms with E-state index < -0.39 is 20.0 Å². The fourth-order valence-corrected chi connectivity index (χ4v) is 9.97. The number of nitrogens with one attached hydrogen (secondary N) is 1. The molecule has 466 valence electrons. The number of carbonyl (C=O) groups is 1. The largest absolute Gasteiger partial charge is 0.472 e. The van der Waals surface area contributed by atoms with Crippen molar-refractivity contribution in [2.75, 3.05) is 40.9 Å². The Balaban J connectivity index is 4.03. The van der Waals surface area contributed by atoms with Crippen molar-refractivity contribution >= 4 is 13.7 Å². The Hall–Kier alpha value is -3.10. The fraction of sp³-hybridized carbons (Fsp3) is 0.708. The monoisotopic (exact) mass is 1150 g/mol. The van der Waals surface area contributed by atoms with Crippen molar-refractivity contribution in [2.45, 2.75) is 289 Å². The minimum atomic E-state index is -4.37. The Morgan fingerprint density at radius 2 is 0.753 bits per heavy atom. The molecule has 3 unspecified atom stereocenters. The van der Waals surface area contributed by atoms with Gasteiger partial charge in [-0.05, 0) is 103 Å². The van der Waals surface area contributed by atoms with Crippen LogP contribution in [-0.2, 0) is 18.4 Å². The molecular formula is C72H128N2O6P+. The maximum absolute atomic E-state index is 13.0. The molecule has 0 spiro atoms. The smallest absolute Gasteiger partial charge is 0.387 e. The molecule has 0 heterocycles. The van der Waals surface area contributed by atoms with Gasteiger partial charge in [0.25, 0.3) is 0 Å². The van der Waals surface area contributed by atoms with E-state index in [1.165, 1.54) is 167 Å². The summed E-state index contributed by atoms with van der Waals surface area (Å²) in [5.74, 6) is -0.191. The van der Waals surface area contributed by atoms with Crippen LogP contribution in [0.4, 0.5) is 0 Å². The van der Waals surface area contributed by atoms with Crippen molar-refractivity contribution in [1.29, 1.82) is 0 Å². The molecule has 0 bridgehead atoms. The summed E-state index contributed by atoms with van der Waals surface area (Å²) in [4.78, 5) is 23.4. The van der Waals surface area contributed by atoms with Crippen LogP contribution in [0.25, 0.3) is 0 Å². The third kappa shape index (κ3) is 64.3. The van der Waals surface area contributed by atoms with Crippen molar-refractivity contribution in [1.82, 2.24) is 5.32 Å². The van der Waals surface area contributed by atoms with Gasteiger partial charge in [0, 0.05) is 6.42 Å². The highest BCUT2D eigenvalue weighted by atomic mass is 31.2. The summed E-state index contributed by atoms with van der Waals surface area (Å²) in [5.41, 5.74) is 0. The summed E-state index contributed by atoms with van der Waals surface area (Å²) in [6, 6.07) is -0.875. The summed E-state index contributed by atoms with van der Waals surface area (Å²) in [7, 11) is 1.54.